The fourth-order valence-corrected chi connectivity index (χ4v) is 5.15. The molecular formula is C25H46O4Si2. The number of methoxy groups -OCH3 is 1. The summed E-state index contributed by atoms with van der Waals surface area (Å²) in [5.74, 6) is 0.845. The zero-order chi connectivity index (χ0) is 24.1. The molecule has 0 saturated carbocycles. The molecule has 0 unspecified atom stereocenters. The van der Waals surface area contributed by atoms with Crippen molar-refractivity contribution in [2.45, 2.75) is 96.6 Å². The third-order valence-electron chi connectivity index (χ3n) is 6.80. The first-order valence-corrected chi connectivity index (χ1v) is 17.0. The molecule has 0 aliphatic carbocycles. The van der Waals surface area contributed by atoms with Crippen LogP contribution in [0.1, 0.15) is 47.1 Å². The van der Waals surface area contributed by atoms with Crippen LogP contribution in [0, 0.1) is 0 Å². The quantitative estimate of drug-likeness (QED) is 0.256. The first kappa shape index (κ1) is 28.1. The second-order valence-corrected chi connectivity index (χ2v) is 20.9. The lowest BCUT2D eigenvalue weighted by atomic mass is 10.2. The summed E-state index contributed by atoms with van der Waals surface area (Å²) in [6.07, 6.45) is 1.51. The fraction of sp³-hybridized carbons (Fsp3) is 0.680. The van der Waals surface area contributed by atoms with Crippen molar-refractivity contribution in [1.82, 2.24) is 0 Å². The van der Waals surface area contributed by atoms with Crippen molar-refractivity contribution < 1.29 is 18.3 Å². The summed E-state index contributed by atoms with van der Waals surface area (Å²) in [5, 5.41) is 0.212. The second-order valence-electron chi connectivity index (χ2n) is 11.4. The van der Waals surface area contributed by atoms with Crippen molar-refractivity contribution in [3.63, 3.8) is 0 Å². The first-order chi connectivity index (χ1) is 14.0. The summed E-state index contributed by atoms with van der Waals surface area (Å²) in [6, 6.07) is 7.96. The van der Waals surface area contributed by atoms with Crippen molar-refractivity contribution in [2.75, 3.05) is 13.7 Å². The van der Waals surface area contributed by atoms with Crippen LogP contribution >= 0.6 is 0 Å². The molecule has 4 nitrogen and oxygen atoms in total. The van der Waals surface area contributed by atoms with Gasteiger partial charge in [0.05, 0.1) is 32.5 Å². The smallest absolute Gasteiger partial charge is 0.193 e. The van der Waals surface area contributed by atoms with Crippen molar-refractivity contribution in [3.05, 3.63) is 42.5 Å². The lowest BCUT2D eigenvalue weighted by Gasteiger charge is -2.44. The van der Waals surface area contributed by atoms with E-state index in [9.17, 15) is 0 Å². The minimum atomic E-state index is -2.02. The lowest BCUT2D eigenvalue weighted by molar-refractivity contribution is -0.0136. The predicted molar refractivity (Wildman–Crippen MR) is 137 cm³/mol. The van der Waals surface area contributed by atoms with Crippen LogP contribution in [0.15, 0.2) is 36.9 Å². The Morgan fingerprint density at radius 2 is 1.35 bits per heavy atom. The Bertz CT molecular complexity index is 685. The molecule has 178 valence electrons. The molecule has 1 aromatic carbocycles. The minimum absolute atomic E-state index is 0.101. The Morgan fingerprint density at radius 3 is 1.77 bits per heavy atom. The van der Waals surface area contributed by atoms with Crippen molar-refractivity contribution in [2.24, 2.45) is 0 Å². The number of ether oxygens (including phenoxy) is 2. The van der Waals surface area contributed by atoms with E-state index in [0.29, 0.717) is 13.2 Å². The topological polar surface area (TPSA) is 36.9 Å². The van der Waals surface area contributed by atoms with Gasteiger partial charge in [-0.3, -0.25) is 0 Å². The van der Waals surface area contributed by atoms with Gasteiger partial charge in [-0.2, -0.15) is 0 Å². The molecule has 1 aromatic rings. The summed E-state index contributed by atoms with van der Waals surface area (Å²) in [5.41, 5.74) is 1.10. The van der Waals surface area contributed by atoms with Gasteiger partial charge in [0.25, 0.3) is 0 Å². The Kier molecular flexibility index (Phi) is 9.79. The van der Waals surface area contributed by atoms with E-state index in [1.165, 1.54) is 0 Å². The van der Waals surface area contributed by atoms with Gasteiger partial charge in [-0.05, 0) is 54.0 Å². The molecule has 0 heterocycles. The van der Waals surface area contributed by atoms with Gasteiger partial charge in [-0.25, -0.2) is 0 Å². The number of benzene rings is 1. The average molecular weight is 467 g/mol. The maximum Gasteiger partial charge on any atom is 0.193 e. The molecule has 0 aliphatic rings. The molecule has 0 bridgehead atoms. The molecule has 0 amide bonds. The monoisotopic (exact) mass is 466 g/mol. The Morgan fingerprint density at radius 1 is 0.871 bits per heavy atom. The third-order valence-corrected chi connectivity index (χ3v) is 15.8. The van der Waals surface area contributed by atoms with Crippen LogP contribution < -0.4 is 4.74 Å². The molecule has 0 aromatic heterocycles. The summed E-state index contributed by atoms with van der Waals surface area (Å²) in [7, 11) is -2.34. The van der Waals surface area contributed by atoms with Crippen LogP contribution in [0.3, 0.4) is 0 Å². The average Bonchev–Trinajstić information content (AvgIpc) is 2.64. The zero-order valence-electron chi connectivity index (χ0n) is 21.8. The molecule has 0 radical (unpaired) electrons. The van der Waals surface area contributed by atoms with Crippen molar-refractivity contribution in [3.8, 4) is 5.75 Å². The van der Waals surface area contributed by atoms with Gasteiger partial charge in [-0.1, -0.05) is 59.8 Å². The van der Waals surface area contributed by atoms with E-state index in [2.05, 4.69) is 74.3 Å². The van der Waals surface area contributed by atoms with Crippen LogP contribution in [0.2, 0.25) is 36.3 Å². The van der Waals surface area contributed by atoms with E-state index in [1.54, 1.807) is 7.11 Å². The fourth-order valence-electron chi connectivity index (χ4n) is 2.56. The highest BCUT2D eigenvalue weighted by molar-refractivity contribution is 6.74. The van der Waals surface area contributed by atoms with E-state index in [-0.39, 0.29) is 22.3 Å². The number of hydrogen-bond acceptors (Lipinski definition) is 4. The molecule has 0 fully saturated rings. The highest BCUT2D eigenvalue weighted by atomic mass is 28.4. The number of rotatable bonds is 11. The Hall–Kier alpha value is -0.926. The lowest BCUT2D eigenvalue weighted by Crippen LogP contribution is -2.52. The van der Waals surface area contributed by atoms with Gasteiger partial charge in [-0.15, -0.1) is 6.58 Å². The van der Waals surface area contributed by atoms with Gasteiger partial charge in [0.2, 0.25) is 0 Å². The van der Waals surface area contributed by atoms with Crippen molar-refractivity contribution in [1.29, 1.82) is 0 Å². The van der Waals surface area contributed by atoms with E-state index in [4.69, 9.17) is 18.3 Å². The highest BCUT2D eigenvalue weighted by Gasteiger charge is 2.44. The van der Waals surface area contributed by atoms with Gasteiger partial charge >= 0.3 is 0 Å². The van der Waals surface area contributed by atoms with E-state index >= 15 is 0 Å². The zero-order valence-corrected chi connectivity index (χ0v) is 23.8. The highest BCUT2D eigenvalue weighted by Crippen LogP contribution is 2.40. The molecule has 6 heteroatoms. The maximum absolute atomic E-state index is 6.81. The summed E-state index contributed by atoms with van der Waals surface area (Å²) >= 11 is 0. The van der Waals surface area contributed by atoms with Crippen LogP contribution in [-0.2, 0) is 20.2 Å². The van der Waals surface area contributed by atoms with E-state index in [0.717, 1.165) is 11.3 Å². The summed E-state index contributed by atoms with van der Waals surface area (Å²) in [4.78, 5) is 0. The van der Waals surface area contributed by atoms with Crippen LogP contribution in [-0.4, -0.2) is 42.6 Å². The van der Waals surface area contributed by atoms with E-state index in [1.807, 2.05) is 30.3 Å². The van der Waals surface area contributed by atoms with Crippen LogP contribution in [0.4, 0.5) is 0 Å². The largest absolute Gasteiger partial charge is 0.497 e. The normalized spacial score (nSPS) is 15.5. The molecule has 0 N–H and O–H groups in total. The van der Waals surface area contributed by atoms with Crippen LogP contribution in [0.5, 0.6) is 5.75 Å². The van der Waals surface area contributed by atoms with Crippen molar-refractivity contribution >= 4 is 16.6 Å². The molecule has 0 spiro atoms. The summed E-state index contributed by atoms with van der Waals surface area (Å²) < 4.78 is 24.9. The standard InChI is InChI=1S/C25H46O4Si2/c1-13-22(28-30(9,10)24(2,3)4)23(29-31(11,12)25(5,6)7)19-27-18-20-14-16-21(26-8)17-15-20/h13-17,22-23H,1,18-19H2,2-12H3/t22-,23-/m0/s1. The Balaban J connectivity index is 3.01. The number of hydrogen-bond donors (Lipinski definition) is 0. The molecular weight excluding hydrogens is 420 g/mol. The Labute approximate surface area is 193 Å². The van der Waals surface area contributed by atoms with Gasteiger partial charge < -0.3 is 18.3 Å². The predicted octanol–water partition coefficient (Wildman–Crippen LogP) is 7.18. The SMILES string of the molecule is C=C[C@H](O[Si](C)(C)C(C)(C)C)[C@H](COCc1ccc(OC)cc1)O[Si](C)(C)C(C)(C)C. The van der Waals surface area contributed by atoms with Gasteiger partial charge in [0.1, 0.15) is 5.75 Å². The minimum Gasteiger partial charge on any atom is -0.497 e. The van der Waals surface area contributed by atoms with E-state index < -0.39 is 16.6 Å². The summed E-state index contributed by atoms with van der Waals surface area (Å²) in [6.45, 7) is 27.7. The molecule has 1 rings (SSSR count). The van der Waals surface area contributed by atoms with Gasteiger partial charge in [0, 0.05) is 0 Å². The molecule has 31 heavy (non-hydrogen) atoms. The first-order valence-electron chi connectivity index (χ1n) is 11.2. The molecule has 0 saturated heterocycles. The van der Waals surface area contributed by atoms with Crippen LogP contribution in [0.25, 0.3) is 0 Å². The molecule has 0 aliphatic heterocycles. The molecule has 2 atom stereocenters. The van der Waals surface area contributed by atoms with Gasteiger partial charge in [0.15, 0.2) is 16.6 Å². The third kappa shape index (κ3) is 8.17. The second kappa shape index (κ2) is 10.8. The maximum atomic E-state index is 6.81.